The summed E-state index contributed by atoms with van der Waals surface area (Å²) in [5.41, 5.74) is 14.6. The zero-order valence-electron chi connectivity index (χ0n) is 28.2. The second kappa shape index (κ2) is 12.0. The number of hydrogen-bond donors (Lipinski definition) is 0. The van der Waals surface area contributed by atoms with Crippen molar-refractivity contribution in [2.24, 2.45) is 0 Å². The second-order valence-electron chi connectivity index (χ2n) is 13.3. The van der Waals surface area contributed by atoms with E-state index in [0.29, 0.717) is 5.69 Å². The second-order valence-corrected chi connectivity index (χ2v) is 13.3. The van der Waals surface area contributed by atoms with Crippen LogP contribution in [-0.2, 0) is 0 Å². The Morgan fingerprint density at radius 1 is 0.308 bits per heavy atom. The molecule has 10 rings (SSSR count). The van der Waals surface area contributed by atoms with Crippen LogP contribution in [0.2, 0.25) is 0 Å². The van der Waals surface area contributed by atoms with Gasteiger partial charge in [0.2, 0.25) is 0 Å². The van der Waals surface area contributed by atoms with Gasteiger partial charge in [-0.25, -0.2) is 4.85 Å². The van der Waals surface area contributed by atoms with E-state index >= 15 is 0 Å². The molecule has 0 unspecified atom stereocenters. The number of fused-ring (bicyclic) bond motifs is 6. The van der Waals surface area contributed by atoms with Crippen molar-refractivity contribution in [2.75, 3.05) is 0 Å². The van der Waals surface area contributed by atoms with Gasteiger partial charge in [-0.15, -0.1) is 0 Å². The van der Waals surface area contributed by atoms with Crippen LogP contribution in [0.5, 0.6) is 0 Å². The van der Waals surface area contributed by atoms with Crippen LogP contribution in [-0.4, -0.2) is 9.13 Å². The topological polar surface area (TPSA) is 14.2 Å². The van der Waals surface area contributed by atoms with E-state index in [1.807, 2.05) is 18.2 Å². The number of nitrogens with zero attached hydrogens (tertiary/aromatic N) is 3. The molecule has 0 fully saturated rings. The first-order chi connectivity index (χ1) is 25.7. The highest BCUT2D eigenvalue weighted by atomic mass is 15.0. The van der Waals surface area contributed by atoms with Crippen LogP contribution in [0.1, 0.15) is 0 Å². The number of para-hydroxylation sites is 2. The largest absolute Gasteiger partial charge is 0.311 e. The van der Waals surface area contributed by atoms with Gasteiger partial charge in [0.25, 0.3) is 0 Å². The molecule has 2 aromatic heterocycles. The molecule has 0 aliphatic rings. The van der Waals surface area contributed by atoms with E-state index in [4.69, 9.17) is 6.57 Å². The lowest BCUT2D eigenvalue weighted by Gasteiger charge is -2.11. The fraction of sp³-hybridized carbons (Fsp3) is 0. The van der Waals surface area contributed by atoms with Gasteiger partial charge in [-0.2, -0.15) is 0 Å². The third-order valence-corrected chi connectivity index (χ3v) is 10.3. The van der Waals surface area contributed by atoms with E-state index in [2.05, 4.69) is 184 Å². The van der Waals surface area contributed by atoms with Crippen LogP contribution in [0.4, 0.5) is 5.69 Å². The molecule has 52 heavy (non-hydrogen) atoms. The molecule has 0 aliphatic heterocycles. The fourth-order valence-corrected chi connectivity index (χ4v) is 7.86. The molecule has 0 N–H and O–H groups in total. The summed E-state index contributed by atoms with van der Waals surface area (Å²) in [6, 6.07) is 67.0. The maximum absolute atomic E-state index is 7.65. The Kier molecular flexibility index (Phi) is 6.87. The van der Waals surface area contributed by atoms with Crippen LogP contribution < -0.4 is 0 Å². The van der Waals surface area contributed by atoms with Crippen LogP contribution >= 0.6 is 0 Å². The minimum atomic E-state index is 0.640. The van der Waals surface area contributed by atoms with Crippen molar-refractivity contribution >= 4 is 49.3 Å². The molecule has 0 saturated heterocycles. The summed E-state index contributed by atoms with van der Waals surface area (Å²) in [7, 11) is 0. The van der Waals surface area contributed by atoms with Gasteiger partial charge in [0.05, 0.1) is 23.1 Å². The molecule has 3 nitrogen and oxygen atoms in total. The summed E-state index contributed by atoms with van der Waals surface area (Å²) < 4.78 is 4.65. The molecule has 242 valence electrons. The highest BCUT2D eigenvalue weighted by Gasteiger charge is 2.16. The quantitative estimate of drug-likeness (QED) is 0.163. The lowest BCUT2D eigenvalue weighted by molar-refractivity contribution is 1.18. The first-order valence-corrected chi connectivity index (χ1v) is 17.5. The molecule has 2 heterocycles. The third kappa shape index (κ3) is 4.81. The number of rotatable bonds is 5. The third-order valence-electron chi connectivity index (χ3n) is 10.3. The average molecular weight is 662 g/mol. The molecule has 0 saturated carbocycles. The van der Waals surface area contributed by atoms with Crippen LogP contribution in [0.15, 0.2) is 188 Å². The zero-order chi connectivity index (χ0) is 34.6. The SMILES string of the molecule is [C-]#[N+]c1ccc2c3cc(-c4ccc5c(c4)c4ccccc4n5-c4ccc(-c5cccc(-c6ccccc6)c5)cc4)ccc3n(-c3ccccc3)c2c1. The first kappa shape index (κ1) is 29.7. The van der Waals surface area contributed by atoms with Gasteiger partial charge in [-0.3, -0.25) is 0 Å². The Morgan fingerprint density at radius 3 is 1.46 bits per heavy atom. The molecule has 8 aromatic carbocycles. The summed E-state index contributed by atoms with van der Waals surface area (Å²) in [6.07, 6.45) is 0. The summed E-state index contributed by atoms with van der Waals surface area (Å²) in [5.74, 6) is 0. The van der Waals surface area contributed by atoms with Crippen LogP contribution in [0.3, 0.4) is 0 Å². The van der Waals surface area contributed by atoms with Crippen molar-refractivity contribution in [1.82, 2.24) is 9.13 Å². The van der Waals surface area contributed by atoms with Crippen molar-refractivity contribution in [2.45, 2.75) is 0 Å². The summed E-state index contributed by atoms with van der Waals surface area (Å²) >= 11 is 0. The fourth-order valence-electron chi connectivity index (χ4n) is 7.86. The minimum Gasteiger partial charge on any atom is -0.311 e. The molecule has 0 bridgehead atoms. The summed E-state index contributed by atoms with van der Waals surface area (Å²) in [6.45, 7) is 7.65. The van der Waals surface area contributed by atoms with E-state index in [0.717, 1.165) is 33.4 Å². The van der Waals surface area contributed by atoms with Crippen LogP contribution in [0.25, 0.3) is 93.2 Å². The maximum Gasteiger partial charge on any atom is 0.189 e. The molecular weight excluding hydrogens is 631 g/mol. The predicted octanol–water partition coefficient (Wildman–Crippen LogP) is 13.4. The molecule has 0 spiro atoms. The predicted molar refractivity (Wildman–Crippen MR) is 218 cm³/mol. The molecule has 0 aliphatic carbocycles. The minimum absolute atomic E-state index is 0.640. The Hall–Kier alpha value is -7.15. The van der Waals surface area contributed by atoms with Gasteiger partial charge in [-0.1, -0.05) is 121 Å². The normalized spacial score (nSPS) is 11.4. The molecular formula is C49H31N3. The highest BCUT2D eigenvalue weighted by Crippen LogP contribution is 2.39. The van der Waals surface area contributed by atoms with Crippen molar-refractivity contribution in [1.29, 1.82) is 0 Å². The number of hydrogen-bond acceptors (Lipinski definition) is 0. The van der Waals surface area contributed by atoms with E-state index in [1.165, 1.54) is 55.0 Å². The van der Waals surface area contributed by atoms with Gasteiger partial charge in [0.1, 0.15) is 0 Å². The lowest BCUT2D eigenvalue weighted by atomic mass is 9.99. The van der Waals surface area contributed by atoms with E-state index in [1.54, 1.807) is 0 Å². The monoisotopic (exact) mass is 661 g/mol. The number of aromatic nitrogens is 2. The molecule has 3 heteroatoms. The molecule has 0 amide bonds. The maximum atomic E-state index is 7.65. The van der Waals surface area contributed by atoms with Crippen molar-refractivity contribution in [3.8, 4) is 44.8 Å². The van der Waals surface area contributed by atoms with Crippen molar-refractivity contribution in [3.05, 3.63) is 199 Å². The molecule has 0 radical (unpaired) electrons. The average Bonchev–Trinajstić information content (AvgIpc) is 3.73. The smallest absolute Gasteiger partial charge is 0.189 e. The van der Waals surface area contributed by atoms with E-state index < -0.39 is 0 Å². The first-order valence-electron chi connectivity index (χ1n) is 17.5. The van der Waals surface area contributed by atoms with Crippen molar-refractivity contribution in [3.63, 3.8) is 0 Å². The summed E-state index contributed by atoms with van der Waals surface area (Å²) in [5, 5.41) is 4.76. The van der Waals surface area contributed by atoms with Gasteiger partial charge < -0.3 is 9.13 Å². The van der Waals surface area contributed by atoms with Gasteiger partial charge >= 0.3 is 0 Å². The van der Waals surface area contributed by atoms with Gasteiger partial charge in [0.15, 0.2) is 5.69 Å². The van der Waals surface area contributed by atoms with E-state index in [-0.39, 0.29) is 0 Å². The Bertz CT molecular complexity index is 3000. The number of benzene rings is 8. The lowest BCUT2D eigenvalue weighted by Crippen LogP contribution is -1.94. The van der Waals surface area contributed by atoms with E-state index in [9.17, 15) is 0 Å². The molecule has 10 aromatic rings. The standard InChI is InChI=1S/C49H31N3/c1-50-39-23-26-43-45-31-38(22-28-48(45)52(49(43)32-39)40-15-6-3-7-16-40)37-21-27-47-44(30-37)42-17-8-9-18-46(42)51(47)41-24-19-34(20-25-41)36-14-10-13-35(29-36)33-11-4-2-5-12-33/h2-32H. The Balaban J connectivity index is 1.07. The zero-order valence-corrected chi connectivity index (χ0v) is 28.2. The Labute approximate surface area is 301 Å². The highest BCUT2D eigenvalue weighted by molar-refractivity contribution is 6.13. The Morgan fingerprint density at radius 2 is 0.788 bits per heavy atom. The van der Waals surface area contributed by atoms with Gasteiger partial charge in [0, 0.05) is 38.4 Å². The summed E-state index contributed by atoms with van der Waals surface area (Å²) in [4.78, 5) is 3.73. The molecule has 0 atom stereocenters. The van der Waals surface area contributed by atoms with Crippen LogP contribution in [0, 0.1) is 6.57 Å². The van der Waals surface area contributed by atoms with Gasteiger partial charge in [-0.05, 0) is 100 Å². The van der Waals surface area contributed by atoms with Crippen molar-refractivity contribution < 1.29 is 0 Å².